The van der Waals surface area contributed by atoms with Crippen LogP contribution < -0.4 is 5.56 Å². The number of allylic oxidation sites excluding steroid dienone is 2. The zero-order valence-electron chi connectivity index (χ0n) is 17.3. The van der Waals surface area contributed by atoms with E-state index in [1.54, 1.807) is 22.6 Å². The van der Waals surface area contributed by atoms with Gasteiger partial charge in [0.15, 0.2) is 11.0 Å². The molecule has 9 nitrogen and oxygen atoms in total. The summed E-state index contributed by atoms with van der Waals surface area (Å²) in [5.41, 5.74) is 2.01. The summed E-state index contributed by atoms with van der Waals surface area (Å²) in [4.78, 5) is 20.4. The highest BCUT2D eigenvalue weighted by Crippen LogP contribution is 2.26. The lowest BCUT2D eigenvalue weighted by Gasteiger charge is -2.09. The Morgan fingerprint density at radius 3 is 2.79 bits per heavy atom. The van der Waals surface area contributed by atoms with Gasteiger partial charge in [-0.1, -0.05) is 42.1 Å². The zero-order chi connectivity index (χ0) is 22.9. The molecular weight excluding hydrogens is 438 g/mol. The number of thioether (sulfide) groups is 1. The molecule has 5 aromatic rings. The van der Waals surface area contributed by atoms with Crippen molar-refractivity contribution in [1.29, 1.82) is 5.26 Å². The second-order valence-corrected chi connectivity index (χ2v) is 8.11. The van der Waals surface area contributed by atoms with E-state index >= 15 is 0 Å². The lowest BCUT2D eigenvalue weighted by atomic mass is 10.2. The number of nitriles is 1. The molecule has 0 aliphatic rings. The summed E-state index contributed by atoms with van der Waals surface area (Å²) in [5, 5.41) is 29.8. The summed E-state index contributed by atoms with van der Waals surface area (Å²) < 4.78 is 3.27. The van der Waals surface area contributed by atoms with Gasteiger partial charge < -0.3 is 10.1 Å². The molecule has 3 heterocycles. The van der Waals surface area contributed by atoms with Crippen molar-refractivity contribution in [2.24, 2.45) is 0 Å². The summed E-state index contributed by atoms with van der Waals surface area (Å²) >= 11 is 1.20. The van der Waals surface area contributed by atoms with Crippen LogP contribution in [0.2, 0.25) is 0 Å². The van der Waals surface area contributed by atoms with Crippen molar-refractivity contribution in [3.8, 4) is 6.07 Å². The fraction of sp³-hybridized carbons (Fsp3) is 0.0870. The second-order valence-electron chi connectivity index (χ2n) is 7.16. The van der Waals surface area contributed by atoms with Crippen LogP contribution in [0.5, 0.6) is 0 Å². The topological polar surface area (TPSA) is 125 Å². The largest absolute Gasteiger partial charge is 0.510 e. The van der Waals surface area contributed by atoms with Gasteiger partial charge >= 0.3 is 0 Å². The molecule has 0 bridgehead atoms. The highest BCUT2D eigenvalue weighted by molar-refractivity contribution is 7.99. The molecule has 0 saturated carbocycles. The molecular formula is C23H17N7O2S. The molecule has 3 aromatic heterocycles. The molecule has 2 aromatic carbocycles. The normalized spacial score (nSPS) is 12.2. The number of para-hydroxylation sites is 3. The van der Waals surface area contributed by atoms with Crippen molar-refractivity contribution in [2.45, 2.75) is 11.7 Å². The third-order valence-corrected chi connectivity index (χ3v) is 6.09. The first-order valence-electron chi connectivity index (χ1n) is 10.00. The average Bonchev–Trinajstić information content (AvgIpc) is 3.45. The maximum atomic E-state index is 12.9. The number of rotatable bonds is 6. The minimum Gasteiger partial charge on any atom is -0.510 e. The van der Waals surface area contributed by atoms with Gasteiger partial charge in [-0.05, 0) is 24.3 Å². The average molecular weight is 456 g/mol. The number of aromatic amines is 1. The Morgan fingerprint density at radius 1 is 1.21 bits per heavy atom. The van der Waals surface area contributed by atoms with Crippen molar-refractivity contribution in [2.75, 3.05) is 5.75 Å². The molecule has 0 saturated heterocycles. The van der Waals surface area contributed by atoms with Gasteiger partial charge in [-0.3, -0.25) is 13.8 Å². The summed E-state index contributed by atoms with van der Waals surface area (Å²) in [6, 6.07) is 16.6. The Morgan fingerprint density at radius 2 is 2.00 bits per heavy atom. The summed E-state index contributed by atoms with van der Waals surface area (Å²) in [5.74, 6) is 0.605. The number of fused-ring (bicyclic) bond motifs is 4. The minimum absolute atomic E-state index is 0.0564. The van der Waals surface area contributed by atoms with E-state index in [2.05, 4.69) is 26.7 Å². The number of aliphatic hydroxyl groups is 1. The number of aromatic nitrogens is 6. The molecule has 0 aliphatic heterocycles. The lowest BCUT2D eigenvalue weighted by molar-refractivity contribution is 0.420. The molecule has 0 atom stereocenters. The summed E-state index contributed by atoms with van der Waals surface area (Å²) in [7, 11) is 0. The van der Waals surface area contributed by atoms with Crippen LogP contribution in [0, 0.1) is 11.3 Å². The highest BCUT2D eigenvalue weighted by atomic mass is 32.2. The first kappa shape index (κ1) is 20.5. The molecule has 0 spiro atoms. The van der Waals surface area contributed by atoms with E-state index in [-0.39, 0.29) is 29.2 Å². The number of nitrogens with one attached hydrogen (secondary N) is 1. The third kappa shape index (κ3) is 3.44. The van der Waals surface area contributed by atoms with Crippen molar-refractivity contribution in [3.63, 3.8) is 0 Å². The van der Waals surface area contributed by atoms with Gasteiger partial charge in [0.2, 0.25) is 5.78 Å². The van der Waals surface area contributed by atoms with Gasteiger partial charge in [0.1, 0.15) is 17.4 Å². The van der Waals surface area contributed by atoms with E-state index in [1.807, 2.05) is 42.5 Å². The van der Waals surface area contributed by atoms with Gasteiger partial charge in [-0.15, -0.1) is 16.8 Å². The predicted octanol–water partition coefficient (Wildman–Crippen LogP) is 3.69. The molecule has 2 N–H and O–H groups in total. The maximum Gasteiger partial charge on any atom is 0.263 e. The molecule has 0 radical (unpaired) electrons. The summed E-state index contributed by atoms with van der Waals surface area (Å²) in [6.07, 6.45) is 1.62. The van der Waals surface area contributed by atoms with Crippen molar-refractivity contribution in [1.82, 2.24) is 29.1 Å². The van der Waals surface area contributed by atoms with Crippen LogP contribution in [0.15, 0.2) is 76.9 Å². The van der Waals surface area contributed by atoms with E-state index in [0.29, 0.717) is 33.2 Å². The van der Waals surface area contributed by atoms with Crippen LogP contribution in [0.25, 0.3) is 33.3 Å². The maximum absolute atomic E-state index is 12.9. The first-order valence-corrected chi connectivity index (χ1v) is 11.0. The Balaban J connectivity index is 1.56. The van der Waals surface area contributed by atoms with Gasteiger partial charge in [0.25, 0.3) is 5.56 Å². The number of aliphatic hydroxyl groups excluding tert-OH is 1. The zero-order valence-corrected chi connectivity index (χ0v) is 18.1. The molecule has 0 amide bonds. The SMILES string of the molecule is C=CCn1c(=O)c2ccccc2n2c(SCC(O)=C(C#N)c3nc4ccccc4[nH]3)nnc12. The number of H-pyrrole nitrogens is 1. The smallest absolute Gasteiger partial charge is 0.263 e. The number of nitrogens with zero attached hydrogens (tertiary/aromatic N) is 6. The van der Waals surface area contributed by atoms with Crippen LogP contribution in [0.1, 0.15) is 5.82 Å². The molecule has 0 aliphatic carbocycles. The number of benzene rings is 2. The Labute approximate surface area is 191 Å². The van der Waals surface area contributed by atoms with E-state index in [1.165, 1.54) is 16.3 Å². The molecule has 0 unspecified atom stereocenters. The van der Waals surface area contributed by atoms with Crippen LogP contribution in [-0.4, -0.2) is 40.0 Å². The van der Waals surface area contributed by atoms with Crippen LogP contribution in [-0.2, 0) is 6.54 Å². The Kier molecular flexibility index (Phi) is 5.16. The standard InChI is InChI=1S/C23H17N7O2S/c1-2-11-29-21(32)14-7-3-6-10-18(14)30-22(29)27-28-23(30)33-13-19(31)15(12-24)20-25-16-8-4-5-9-17(16)26-20/h2-10,31H,1,11,13H2,(H,25,26). The molecule has 162 valence electrons. The fourth-order valence-electron chi connectivity index (χ4n) is 3.65. The monoisotopic (exact) mass is 455 g/mol. The van der Waals surface area contributed by atoms with E-state index in [9.17, 15) is 15.2 Å². The fourth-order valence-corrected chi connectivity index (χ4v) is 4.47. The molecule has 10 heteroatoms. The Bertz CT molecular complexity index is 1640. The minimum atomic E-state index is -0.179. The van der Waals surface area contributed by atoms with Gasteiger partial charge in [-0.2, -0.15) is 5.26 Å². The number of hydrogen-bond donors (Lipinski definition) is 2. The lowest BCUT2D eigenvalue weighted by Crippen LogP contribution is -2.22. The van der Waals surface area contributed by atoms with Crippen LogP contribution in [0.4, 0.5) is 0 Å². The van der Waals surface area contributed by atoms with Crippen molar-refractivity contribution in [3.05, 3.63) is 83.1 Å². The van der Waals surface area contributed by atoms with E-state index < -0.39 is 0 Å². The number of hydrogen-bond acceptors (Lipinski definition) is 7. The molecule has 33 heavy (non-hydrogen) atoms. The second kappa shape index (κ2) is 8.29. The Hall–Kier alpha value is -4.36. The predicted molar refractivity (Wildman–Crippen MR) is 127 cm³/mol. The molecule has 5 rings (SSSR count). The summed E-state index contributed by atoms with van der Waals surface area (Å²) in [6.45, 7) is 4.01. The van der Waals surface area contributed by atoms with E-state index in [0.717, 1.165) is 5.52 Å². The van der Waals surface area contributed by atoms with Gasteiger partial charge in [-0.25, -0.2) is 4.98 Å². The highest BCUT2D eigenvalue weighted by Gasteiger charge is 2.18. The van der Waals surface area contributed by atoms with Crippen LogP contribution in [0.3, 0.4) is 0 Å². The van der Waals surface area contributed by atoms with Crippen molar-refractivity contribution >= 4 is 45.0 Å². The van der Waals surface area contributed by atoms with Gasteiger partial charge in [0, 0.05) is 6.54 Å². The van der Waals surface area contributed by atoms with Crippen LogP contribution >= 0.6 is 11.8 Å². The quantitative estimate of drug-likeness (QED) is 0.173. The van der Waals surface area contributed by atoms with Crippen molar-refractivity contribution < 1.29 is 5.11 Å². The molecule has 0 fully saturated rings. The number of imidazole rings is 1. The third-order valence-electron chi connectivity index (χ3n) is 5.15. The first-order chi connectivity index (χ1) is 16.1. The van der Waals surface area contributed by atoms with E-state index in [4.69, 9.17) is 0 Å². The van der Waals surface area contributed by atoms with Gasteiger partial charge in [0.05, 0.1) is 27.7 Å².